The van der Waals surface area contributed by atoms with E-state index in [1.54, 1.807) is 0 Å². The predicted octanol–water partition coefficient (Wildman–Crippen LogP) is 0.927. The van der Waals surface area contributed by atoms with Crippen molar-refractivity contribution >= 4 is 0 Å². The largest absolute Gasteiger partial charge is 0.395 e. The molecule has 0 aliphatic rings. The molecular formula is C13H23N3O2. The topological polar surface area (TPSA) is 69.2 Å². The molecule has 1 rings (SSSR count). The number of hydrogen-bond donors (Lipinski definition) is 2. The number of aromatic nitrogens is 2. The Kier molecular flexibility index (Phi) is 6.60. The van der Waals surface area contributed by atoms with Crippen molar-refractivity contribution in [1.29, 1.82) is 0 Å². The quantitative estimate of drug-likeness (QED) is 0.723. The zero-order chi connectivity index (χ0) is 13.4. The molecule has 18 heavy (non-hydrogen) atoms. The third-order valence-electron chi connectivity index (χ3n) is 2.82. The lowest BCUT2D eigenvalue weighted by Gasteiger charge is -2.20. The van der Waals surface area contributed by atoms with Gasteiger partial charge in [-0.1, -0.05) is 20.3 Å². The first-order valence-electron chi connectivity index (χ1n) is 6.61. The summed E-state index contributed by atoms with van der Waals surface area (Å²) in [6.45, 7) is 6.35. The van der Waals surface area contributed by atoms with Gasteiger partial charge in [0.1, 0.15) is 5.82 Å². The van der Waals surface area contributed by atoms with Gasteiger partial charge in [-0.05, 0) is 19.4 Å². The van der Waals surface area contributed by atoms with E-state index in [-0.39, 0.29) is 12.2 Å². The van der Waals surface area contributed by atoms with Crippen LogP contribution in [0.3, 0.4) is 0 Å². The minimum atomic E-state index is -0.101. The van der Waals surface area contributed by atoms with Crippen molar-refractivity contribution in [2.24, 2.45) is 0 Å². The van der Waals surface area contributed by atoms with Crippen LogP contribution in [-0.2, 0) is 13.0 Å². The number of hydrogen-bond acceptors (Lipinski definition) is 4. The van der Waals surface area contributed by atoms with Gasteiger partial charge >= 0.3 is 0 Å². The summed E-state index contributed by atoms with van der Waals surface area (Å²) in [5.41, 5.74) is 0.712. The normalized spacial score (nSPS) is 11.1. The van der Waals surface area contributed by atoms with E-state index in [1.165, 1.54) is 6.07 Å². The van der Waals surface area contributed by atoms with E-state index in [0.29, 0.717) is 18.9 Å². The molecule has 102 valence electrons. The summed E-state index contributed by atoms with van der Waals surface area (Å²) in [6, 6.07) is 1.53. The van der Waals surface area contributed by atoms with Crippen molar-refractivity contribution in [2.45, 2.75) is 39.7 Å². The monoisotopic (exact) mass is 253 g/mol. The van der Waals surface area contributed by atoms with Crippen molar-refractivity contribution in [3.8, 4) is 0 Å². The number of aliphatic hydroxyl groups excluding tert-OH is 1. The smallest absolute Gasteiger partial charge is 0.251 e. The molecule has 0 unspecified atom stereocenters. The second-order valence-electron chi connectivity index (χ2n) is 4.39. The van der Waals surface area contributed by atoms with Crippen LogP contribution in [0.4, 0.5) is 0 Å². The molecular weight excluding hydrogens is 230 g/mol. The van der Waals surface area contributed by atoms with Crippen molar-refractivity contribution in [1.82, 2.24) is 14.9 Å². The summed E-state index contributed by atoms with van der Waals surface area (Å²) >= 11 is 0. The van der Waals surface area contributed by atoms with Crippen LogP contribution < -0.4 is 5.56 Å². The molecule has 0 fully saturated rings. The van der Waals surface area contributed by atoms with Gasteiger partial charge in [-0.15, -0.1) is 0 Å². The lowest BCUT2D eigenvalue weighted by atomic mass is 10.3. The van der Waals surface area contributed by atoms with E-state index < -0.39 is 0 Å². The highest BCUT2D eigenvalue weighted by Gasteiger charge is 2.07. The van der Waals surface area contributed by atoms with Crippen LogP contribution in [0.2, 0.25) is 0 Å². The van der Waals surface area contributed by atoms with E-state index >= 15 is 0 Å². The van der Waals surface area contributed by atoms with Crippen LogP contribution >= 0.6 is 0 Å². The van der Waals surface area contributed by atoms with Crippen molar-refractivity contribution in [3.05, 3.63) is 27.9 Å². The Bertz CT molecular complexity index is 403. The molecule has 0 spiro atoms. The van der Waals surface area contributed by atoms with Crippen LogP contribution in [0.5, 0.6) is 0 Å². The summed E-state index contributed by atoms with van der Waals surface area (Å²) < 4.78 is 0. The first-order valence-corrected chi connectivity index (χ1v) is 6.61. The summed E-state index contributed by atoms with van der Waals surface area (Å²) in [5, 5.41) is 9.04. The van der Waals surface area contributed by atoms with Crippen LogP contribution in [0, 0.1) is 0 Å². The average molecular weight is 253 g/mol. The number of unbranched alkanes of at least 4 members (excludes halogenated alkanes) is 1. The Morgan fingerprint density at radius 1 is 1.39 bits per heavy atom. The van der Waals surface area contributed by atoms with E-state index in [9.17, 15) is 4.79 Å². The first-order chi connectivity index (χ1) is 8.69. The highest BCUT2D eigenvalue weighted by Crippen LogP contribution is 2.01. The molecule has 1 heterocycles. The van der Waals surface area contributed by atoms with Gasteiger partial charge in [-0.2, -0.15) is 0 Å². The predicted molar refractivity (Wildman–Crippen MR) is 71.5 cm³/mol. The molecule has 0 aliphatic heterocycles. The summed E-state index contributed by atoms with van der Waals surface area (Å²) in [7, 11) is 0. The third-order valence-corrected chi connectivity index (χ3v) is 2.82. The molecule has 1 aromatic rings. The van der Waals surface area contributed by atoms with Crippen LogP contribution in [0.25, 0.3) is 0 Å². The minimum absolute atomic E-state index is 0.101. The van der Waals surface area contributed by atoms with Crippen LogP contribution in [0.15, 0.2) is 10.9 Å². The lowest BCUT2D eigenvalue weighted by Crippen LogP contribution is -2.29. The number of aliphatic hydroxyl groups is 1. The second kappa shape index (κ2) is 8.00. The van der Waals surface area contributed by atoms with Gasteiger partial charge in [-0.3, -0.25) is 9.69 Å². The number of rotatable bonds is 8. The van der Waals surface area contributed by atoms with E-state index in [2.05, 4.69) is 21.8 Å². The Balaban J connectivity index is 2.72. The van der Waals surface area contributed by atoms with Gasteiger partial charge in [0.15, 0.2) is 0 Å². The Morgan fingerprint density at radius 2 is 2.17 bits per heavy atom. The number of nitrogens with zero attached hydrogens (tertiary/aromatic N) is 2. The average Bonchev–Trinajstić information content (AvgIpc) is 2.35. The molecule has 0 amide bonds. The maximum Gasteiger partial charge on any atom is 0.251 e. The lowest BCUT2D eigenvalue weighted by molar-refractivity contribution is 0.185. The fourth-order valence-electron chi connectivity index (χ4n) is 1.82. The molecule has 2 N–H and O–H groups in total. The summed E-state index contributed by atoms with van der Waals surface area (Å²) in [6.07, 6.45) is 2.95. The molecule has 5 nitrogen and oxygen atoms in total. The summed E-state index contributed by atoms with van der Waals surface area (Å²) in [4.78, 5) is 20.7. The van der Waals surface area contributed by atoms with Crippen LogP contribution in [-0.4, -0.2) is 39.7 Å². The Morgan fingerprint density at radius 3 is 2.78 bits per heavy atom. The van der Waals surface area contributed by atoms with Gasteiger partial charge in [-0.25, -0.2) is 4.98 Å². The molecule has 5 heteroatoms. The van der Waals surface area contributed by atoms with Crippen molar-refractivity contribution < 1.29 is 5.11 Å². The zero-order valence-corrected chi connectivity index (χ0v) is 11.3. The zero-order valence-electron chi connectivity index (χ0n) is 11.3. The number of aromatic amines is 1. The van der Waals surface area contributed by atoms with Gasteiger partial charge in [0.25, 0.3) is 5.56 Å². The fraction of sp³-hybridized carbons (Fsp3) is 0.692. The number of nitrogens with one attached hydrogen (secondary N) is 1. The first kappa shape index (κ1) is 14.9. The van der Waals surface area contributed by atoms with Gasteiger partial charge in [0, 0.05) is 18.3 Å². The Hall–Kier alpha value is -1.20. The van der Waals surface area contributed by atoms with Crippen molar-refractivity contribution in [3.63, 3.8) is 0 Å². The maximum absolute atomic E-state index is 11.5. The molecule has 1 aromatic heterocycles. The molecule has 0 saturated carbocycles. The second-order valence-corrected chi connectivity index (χ2v) is 4.39. The van der Waals surface area contributed by atoms with Crippen molar-refractivity contribution in [2.75, 3.05) is 19.7 Å². The number of H-pyrrole nitrogens is 1. The molecule has 0 aliphatic carbocycles. The van der Waals surface area contributed by atoms with E-state index in [4.69, 9.17) is 5.11 Å². The SMILES string of the molecule is CCCCN(CCO)Cc1nc(CC)cc(=O)[nH]1. The molecule has 0 atom stereocenters. The molecule has 0 saturated heterocycles. The molecule has 0 bridgehead atoms. The standard InChI is InChI=1S/C13H23N3O2/c1-3-5-6-16(7-8-17)10-12-14-11(4-2)9-13(18)15-12/h9,17H,3-8,10H2,1-2H3,(H,14,15,18). The minimum Gasteiger partial charge on any atom is -0.395 e. The third kappa shape index (κ3) is 4.98. The molecule has 0 radical (unpaired) electrons. The van der Waals surface area contributed by atoms with Gasteiger partial charge in [0.05, 0.1) is 13.2 Å². The Labute approximate surface area is 108 Å². The highest BCUT2D eigenvalue weighted by molar-refractivity contribution is 5.02. The van der Waals surface area contributed by atoms with Gasteiger partial charge in [0.2, 0.25) is 0 Å². The van der Waals surface area contributed by atoms with E-state index in [1.807, 2.05) is 6.92 Å². The van der Waals surface area contributed by atoms with E-state index in [0.717, 1.165) is 31.5 Å². The number of aryl methyl sites for hydroxylation is 1. The highest BCUT2D eigenvalue weighted by atomic mass is 16.3. The fourth-order valence-corrected chi connectivity index (χ4v) is 1.82. The molecule has 0 aromatic carbocycles. The maximum atomic E-state index is 11.5. The van der Waals surface area contributed by atoms with Gasteiger partial charge < -0.3 is 10.1 Å². The summed E-state index contributed by atoms with van der Waals surface area (Å²) in [5.74, 6) is 0.684. The van der Waals surface area contributed by atoms with Crippen LogP contribution in [0.1, 0.15) is 38.2 Å².